The molecule has 0 rings (SSSR count). The van der Waals surface area contributed by atoms with Crippen molar-refractivity contribution in [2.75, 3.05) is 41.3 Å². The maximum atomic E-state index is 3.15. The third-order valence-electron chi connectivity index (χ3n) is 1.61. The number of nitrogens with one attached hydrogen (secondary N) is 2. The van der Waals surface area contributed by atoms with Gasteiger partial charge in [-0.05, 0) is 28.2 Å². The van der Waals surface area contributed by atoms with Crippen molar-refractivity contribution in [1.29, 1.82) is 0 Å². The Morgan fingerprint density at radius 3 is 1.70 bits per heavy atom. The van der Waals surface area contributed by atoms with Gasteiger partial charge in [-0.1, -0.05) is 0 Å². The lowest BCUT2D eigenvalue weighted by Gasteiger charge is -2.23. The molecule has 0 radical (unpaired) electrons. The molecule has 10 heavy (non-hydrogen) atoms. The van der Waals surface area contributed by atoms with Gasteiger partial charge in [-0.3, -0.25) is 0 Å². The summed E-state index contributed by atoms with van der Waals surface area (Å²) in [6.07, 6.45) is 0. The highest BCUT2D eigenvalue weighted by Gasteiger charge is 2.07. The molecule has 0 heterocycles. The number of rotatable bonds is 5. The van der Waals surface area contributed by atoms with Crippen molar-refractivity contribution in [3.8, 4) is 0 Å². The summed E-state index contributed by atoms with van der Waals surface area (Å²) in [4.78, 5) is 2.22. The van der Waals surface area contributed by atoms with Crippen molar-refractivity contribution in [3.05, 3.63) is 0 Å². The highest BCUT2D eigenvalue weighted by atomic mass is 15.1. The highest BCUT2D eigenvalue weighted by molar-refractivity contribution is 4.69. The van der Waals surface area contributed by atoms with E-state index in [9.17, 15) is 0 Å². The summed E-state index contributed by atoms with van der Waals surface area (Å²) in [5.74, 6) is 0. The smallest absolute Gasteiger partial charge is 0.0339 e. The fraction of sp³-hybridized carbons (Fsp3) is 1.00. The second kappa shape index (κ2) is 5.65. The molecule has 0 spiro atoms. The van der Waals surface area contributed by atoms with Crippen LogP contribution in [-0.2, 0) is 0 Å². The molecular weight excluding hydrogens is 126 g/mol. The van der Waals surface area contributed by atoms with Gasteiger partial charge in [0.15, 0.2) is 0 Å². The molecule has 0 saturated carbocycles. The highest BCUT2D eigenvalue weighted by Crippen LogP contribution is 1.87. The Morgan fingerprint density at radius 1 is 1.10 bits per heavy atom. The molecular formula is C7H19N3. The topological polar surface area (TPSA) is 27.3 Å². The van der Waals surface area contributed by atoms with E-state index in [1.165, 1.54) is 0 Å². The summed E-state index contributed by atoms with van der Waals surface area (Å²) in [5.41, 5.74) is 0. The van der Waals surface area contributed by atoms with Crippen molar-refractivity contribution in [2.45, 2.75) is 6.04 Å². The van der Waals surface area contributed by atoms with Crippen LogP contribution in [0.5, 0.6) is 0 Å². The van der Waals surface area contributed by atoms with E-state index in [4.69, 9.17) is 0 Å². The van der Waals surface area contributed by atoms with E-state index in [0.29, 0.717) is 6.04 Å². The minimum absolute atomic E-state index is 0.593. The summed E-state index contributed by atoms with van der Waals surface area (Å²) in [6.45, 7) is 2.07. The van der Waals surface area contributed by atoms with Crippen LogP contribution in [0.25, 0.3) is 0 Å². The summed E-state index contributed by atoms with van der Waals surface area (Å²) in [5, 5.41) is 6.30. The van der Waals surface area contributed by atoms with Crippen LogP contribution in [0.4, 0.5) is 0 Å². The quantitative estimate of drug-likeness (QED) is 0.538. The Labute approximate surface area is 63.8 Å². The van der Waals surface area contributed by atoms with Crippen molar-refractivity contribution < 1.29 is 0 Å². The van der Waals surface area contributed by atoms with Crippen LogP contribution in [0, 0.1) is 0 Å². The van der Waals surface area contributed by atoms with Gasteiger partial charge >= 0.3 is 0 Å². The van der Waals surface area contributed by atoms with Crippen LogP contribution in [0.15, 0.2) is 0 Å². The van der Waals surface area contributed by atoms with E-state index in [1.807, 2.05) is 14.1 Å². The standard InChI is InChI=1S/C7H19N3/c1-8-5-7(6-9-2)10(3)4/h7-9H,5-6H2,1-4H3. The Morgan fingerprint density at radius 2 is 1.50 bits per heavy atom. The van der Waals surface area contributed by atoms with Crippen molar-refractivity contribution in [1.82, 2.24) is 15.5 Å². The molecule has 0 aliphatic carbocycles. The average molecular weight is 145 g/mol. The number of hydrogen-bond acceptors (Lipinski definition) is 3. The molecule has 0 fully saturated rings. The molecule has 0 aliphatic heterocycles. The minimum atomic E-state index is 0.593. The molecule has 0 atom stereocenters. The molecule has 62 valence electrons. The zero-order chi connectivity index (χ0) is 7.98. The number of nitrogens with zero attached hydrogens (tertiary/aromatic N) is 1. The van der Waals surface area contributed by atoms with Gasteiger partial charge in [-0.25, -0.2) is 0 Å². The van der Waals surface area contributed by atoms with Gasteiger partial charge in [0.1, 0.15) is 0 Å². The summed E-state index contributed by atoms with van der Waals surface area (Å²) >= 11 is 0. The third-order valence-corrected chi connectivity index (χ3v) is 1.61. The van der Waals surface area contributed by atoms with Crippen molar-refractivity contribution in [2.24, 2.45) is 0 Å². The van der Waals surface area contributed by atoms with Gasteiger partial charge in [0.05, 0.1) is 0 Å². The maximum absolute atomic E-state index is 3.15. The van der Waals surface area contributed by atoms with E-state index in [2.05, 4.69) is 29.6 Å². The normalized spacial score (nSPS) is 11.4. The van der Waals surface area contributed by atoms with Crippen LogP contribution in [0.2, 0.25) is 0 Å². The molecule has 3 nitrogen and oxygen atoms in total. The third kappa shape index (κ3) is 3.82. The predicted molar refractivity (Wildman–Crippen MR) is 45.3 cm³/mol. The molecule has 0 aromatic rings. The first kappa shape index (κ1) is 9.88. The molecule has 0 unspecified atom stereocenters. The van der Waals surface area contributed by atoms with Gasteiger partial charge < -0.3 is 15.5 Å². The van der Waals surface area contributed by atoms with Gasteiger partial charge in [-0.15, -0.1) is 0 Å². The lowest BCUT2D eigenvalue weighted by Crippen LogP contribution is -2.43. The lowest BCUT2D eigenvalue weighted by atomic mass is 10.3. The van der Waals surface area contributed by atoms with Crippen molar-refractivity contribution in [3.63, 3.8) is 0 Å². The molecule has 0 amide bonds. The van der Waals surface area contributed by atoms with Crippen LogP contribution < -0.4 is 10.6 Å². The molecule has 0 aliphatic rings. The SMILES string of the molecule is CNCC(CNC)N(C)C. The summed E-state index contributed by atoms with van der Waals surface area (Å²) in [7, 11) is 8.15. The fourth-order valence-corrected chi connectivity index (χ4v) is 0.909. The number of hydrogen-bond donors (Lipinski definition) is 2. The monoisotopic (exact) mass is 145 g/mol. The first-order valence-corrected chi connectivity index (χ1v) is 3.68. The molecule has 0 aromatic carbocycles. The zero-order valence-corrected chi connectivity index (χ0v) is 7.44. The van der Waals surface area contributed by atoms with E-state index >= 15 is 0 Å². The van der Waals surface area contributed by atoms with Gasteiger partial charge in [-0.2, -0.15) is 0 Å². The minimum Gasteiger partial charge on any atom is -0.318 e. The van der Waals surface area contributed by atoms with Gasteiger partial charge in [0, 0.05) is 19.1 Å². The second-order valence-electron chi connectivity index (χ2n) is 2.73. The van der Waals surface area contributed by atoms with Gasteiger partial charge in [0.25, 0.3) is 0 Å². The van der Waals surface area contributed by atoms with Crippen molar-refractivity contribution >= 4 is 0 Å². The predicted octanol–water partition coefficient (Wildman–Crippen LogP) is -0.645. The van der Waals surface area contributed by atoms with E-state index < -0.39 is 0 Å². The van der Waals surface area contributed by atoms with Crippen LogP contribution in [-0.4, -0.2) is 52.2 Å². The Hall–Kier alpha value is -0.120. The summed E-state index contributed by atoms with van der Waals surface area (Å²) < 4.78 is 0. The first-order chi connectivity index (χ1) is 4.72. The van der Waals surface area contributed by atoms with Crippen LogP contribution >= 0.6 is 0 Å². The Balaban J connectivity index is 3.50. The summed E-state index contributed by atoms with van der Waals surface area (Å²) in [6, 6.07) is 0.593. The average Bonchev–Trinajstić information content (AvgIpc) is 1.87. The first-order valence-electron chi connectivity index (χ1n) is 3.68. The lowest BCUT2D eigenvalue weighted by molar-refractivity contribution is 0.283. The zero-order valence-electron chi connectivity index (χ0n) is 7.44. The largest absolute Gasteiger partial charge is 0.318 e. The van der Waals surface area contributed by atoms with Crippen LogP contribution in [0.3, 0.4) is 0 Å². The molecule has 3 heteroatoms. The Kier molecular flexibility index (Phi) is 5.58. The van der Waals surface area contributed by atoms with E-state index in [1.54, 1.807) is 0 Å². The number of likely N-dealkylation sites (N-methyl/N-ethyl adjacent to an activating group) is 3. The fourth-order valence-electron chi connectivity index (χ4n) is 0.909. The maximum Gasteiger partial charge on any atom is 0.0339 e. The molecule has 2 N–H and O–H groups in total. The molecule has 0 saturated heterocycles. The molecule has 0 bridgehead atoms. The van der Waals surface area contributed by atoms with E-state index in [-0.39, 0.29) is 0 Å². The second-order valence-corrected chi connectivity index (χ2v) is 2.73. The van der Waals surface area contributed by atoms with E-state index in [0.717, 1.165) is 13.1 Å². The van der Waals surface area contributed by atoms with Crippen LogP contribution in [0.1, 0.15) is 0 Å². The Bertz CT molecular complexity index is 67.3. The van der Waals surface area contributed by atoms with Gasteiger partial charge in [0.2, 0.25) is 0 Å². The molecule has 0 aromatic heterocycles.